The highest BCUT2D eigenvalue weighted by Gasteiger charge is 2.24. The molecule has 1 aromatic carbocycles. The van der Waals surface area contributed by atoms with Crippen molar-refractivity contribution in [2.45, 2.75) is 25.7 Å². The molecule has 0 unspecified atom stereocenters. The smallest absolute Gasteiger partial charge is 0.150 e. The van der Waals surface area contributed by atoms with Crippen LogP contribution in [-0.2, 0) is 6.42 Å². The third kappa shape index (κ3) is 0.985. The summed E-state index contributed by atoms with van der Waals surface area (Å²) in [6.45, 7) is 0. The fourth-order valence-electron chi connectivity index (χ4n) is 2.66. The molecule has 0 atom stereocenters. The highest BCUT2D eigenvalue weighted by atomic mass is 16.1. The molecule has 14 heavy (non-hydrogen) atoms. The van der Waals surface area contributed by atoms with Gasteiger partial charge in [0.05, 0.1) is 0 Å². The Morgan fingerprint density at radius 1 is 1.21 bits per heavy atom. The van der Waals surface area contributed by atoms with Crippen molar-refractivity contribution in [1.29, 1.82) is 0 Å². The molecule has 0 bridgehead atoms. The number of rotatable bonds is 1. The summed E-state index contributed by atoms with van der Waals surface area (Å²) in [6, 6.07) is 6.08. The number of aldehydes is 1. The topological polar surface area (TPSA) is 17.1 Å². The molecule has 2 aliphatic carbocycles. The van der Waals surface area contributed by atoms with Crippen LogP contribution < -0.4 is 0 Å². The monoisotopic (exact) mass is 184 g/mol. The van der Waals surface area contributed by atoms with E-state index in [-0.39, 0.29) is 0 Å². The molecule has 0 saturated heterocycles. The van der Waals surface area contributed by atoms with E-state index in [0.717, 1.165) is 18.3 Å². The lowest BCUT2D eigenvalue weighted by atomic mass is 10.0. The van der Waals surface area contributed by atoms with Gasteiger partial charge in [0.2, 0.25) is 0 Å². The molecule has 1 nitrogen and oxygen atoms in total. The van der Waals surface area contributed by atoms with E-state index in [2.05, 4.69) is 12.1 Å². The van der Waals surface area contributed by atoms with Crippen LogP contribution in [0.3, 0.4) is 0 Å². The van der Waals surface area contributed by atoms with Gasteiger partial charge in [0.15, 0.2) is 0 Å². The molecule has 1 aromatic rings. The molecular formula is C13H12O. The Balaban J connectivity index is 2.15. The molecule has 0 heterocycles. The molecule has 0 aromatic heterocycles. The number of carbonyl (C=O) groups is 1. The zero-order valence-electron chi connectivity index (χ0n) is 8.05. The van der Waals surface area contributed by atoms with Gasteiger partial charge in [0.25, 0.3) is 0 Å². The first kappa shape index (κ1) is 7.98. The van der Waals surface area contributed by atoms with E-state index in [1.807, 2.05) is 6.07 Å². The van der Waals surface area contributed by atoms with Crippen molar-refractivity contribution in [2.24, 2.45) is 0 Å². The van der Waals surface area contributed by atoms with Crippen LogP contribution in [0, 0.1) is 0 Å². The summed E-state index contributed by atoms with van der Waals surface area (Å²) in [4.78, 5) is 10.7. The second-order valence-corrected chi connectivity index (χ2v) is 4.15. The van der Waals surface area contributed by atoms with Gasteiger partial charge in [-0.25, -0.2) is 0 Å². The van der Waals surface area contributed by atoms with E-state index in [1.165, 1.54) is 36.0 Å². The maximum absolute atomic E-state index is 10.7. The first-order chi connectivity index (χ1) is 6.88. The molecule has 0 radical (unpaired) electrons. The summed E-state index contributed by atoms with van der Waals surface area (Å²) in [6.07, 6.45) is 5.85. The van der Waals surface area contributed by atoms with E-state index in [9.17, 15) is 4.79 Å². The van der Waals surface area contributed by atoms with E-state index < -0.39 is 0 Å². The predicted molar refractivity (Wildman–Crippen MR) is 56.3 cm³/mol. The van der Waals surface area contributed by atoms with Gasteiger partial charge in [0.1, 0.15) is 6.29 Å². The normalized spacial score (nSPS) is 18.3. The Morgan fingerprint density at radius 2 is 2.14 bits per heavy atom. The summed E-state index contributed by atoms with van der Waals surface area (Å²) >= 11 is 0. The van der Waals surface area contributed by atoms with Gasteiger partial charge in [0, 0.05) is 5.56 Å². The van der Waals surface area contributed by atoms with Crippen LogP contribution in [0.1, 0.15) is 40.7 Å². The molecule has 0 aliphatic heterocycles. The summed E-state index contributed by atoms with van der Waals surface area (Å²) in [7, 11) is 0. The molecule has 3 rings (SSSR count). The maximum Gasteiger partial charge on any atom is 0.150 e. The Morgan fingerprint density at radius 3 is 3.00 bits per heavy atom. The van der Waals surface area contributed by atoms with Crippen LogP contribution >= 0.6 is 0 Å². The van der Waals surface area contributed by atoms with E-state index in [4.69, 9.17) is 0 Å². The minimum atomic E-state index is 0.810. The van der Waals surface area contributed by atoms with Gasteiger partial charge < -0.3 is 0 Å². The molecule has 0 N–H and O–H groups in total. The Bertz CT molecular complexity index is 441. The zero-order valence-corrected chi connectivity index (χ0v) is 8.05. The molecular weight excluding hydrogens is 172 g/mol. The summed E-state index contributed by atoms with van der Waals surface area (Å²) in [5.41, 5.74) is 6.72. The molecule has 2 aliphatic rings. The van der Waals surface area contributed by atoms with Crippen LogP contribution in [0.25, 0.3) is 5.57 Å². The Kier molecular flexibility index (Phi) is 1.60. The number of benzene rings is 1. The van der Waals surface area contributed by atoms with Crippen molar-refractivity contribution in [2.75, 3.05) is 0 Å². The van der Waals surface area contributed by atoms with Gasteiger partial charge in [-0.15, -0.1) is 0 Å². The third-order valence-corrected chi connectivity index (χ3v) is 3.33. The van der Waals surface area contributed by atoms with Crippen molar-refractivity contribution >= 4 is 11.9 Å². The van der Waals surface area contributed by atoms with Crippen LogP contribution in [-0.4, -0.2) is 6.29 Å². The highest BCUT2D eigenvalue weighted by Crippen LogP contribution is 2.42. The van der Waals surface area contributed by atoms with Crippen molar-refractivity contribution in [3.05, 3.63) is 40.5 Å². The van der Waals surface area contributed by atoms with Gasteiger partial charge in [-0.1, -0.05) is 17.7 Å². The zero-order chi connectivity index (χ0) is 9.54. The predicted octanol–water partition coefficient (Wildman–Crippen LogP) is 2.99. The van der Waals surface area contributed by atoms with Gasteiger partial charge in [-0.2, -0.15) is 0 Å². The number of hydrogen-bond donors (Lipinski definition) is 0. The summed E-state index contributed by atoms with van der Waals surface area (Å²) in [5.74, 6) is 0. The molecule has 0 amide bonds. The first-order valence-corrected chi connectivity index (χ1v) is 5.18. The van der Waals surface area contributed by atoms with Gasteiger partial charge >= 0.3 is 0 Å². The summed E-state index contributed by atoms with van der Waals surface area (Å²) < 4.78 is 0. The van der Waals surface area contributed by atoms with Crippen molar-refractivity contribution < 1.29 is 4.79 Å². The lowest BCUT2D eigenvalue weighted by Crippen LogP contribution is -1.89. The van der Waals surface area contributed by atoms with E-state index in [1.54, 1.807) is 5.57 Å². The average molecular weight is 184 g/mol. The number of carbonyl (C=O) groups excluding carboxylic acids is 1. The standard InChI is InChI=1S/C13H12O/c14-8-9-4-5-11-7-10-2-1-3-12(10)13(11)6-9/h4-6,8H,1-3,7H2. The SMILES string of the molecule is O=Cc1ccc2c(c1)C1=C(CCC1)C2. The number of fused-ring (bicyclic) bond motifs is 2. The van der Waals surface area contributed by atoms with Crippen molar-refractivity contribution in [1.82, 2.24) is 0 Å². The van der Waals surface area contributed by atoms with Gasteiger partial charge in [-0.3, -0.25) is 4.79 Å². The van der Waals surface area contributed by atoms with Crippen molar-refractivity contribution in [3.63, 3.8) is 0 Å². The van der Waals surface area contributed by atoms with E-state index >= 15 is 0 Å². The maximum atomic E-state index is 10.7. The quantitative estimate of drug-likeness (QED) is 0.613. The van der Waals surface area contributed by atoms with Crippen LogP contribution in [0.2, 0.25) is 0 Å². The lowest BCUT2D eigenvalue weighted by molar-refractivity contribution is 0.112. The van der Waals surface area contributed by atoms with Crippen molar-refractivity contribution in [3.8, 4) is 0 Å². The largest absolute Gasteiger partial charge is 0.298 e. The summed E-state index contributed by atoms with van der Waals surface area (Å²) in [5, 5.41) is 0. The van der Waals surface area contributed by atoms with E-state index in [0.29, 0.717) is 0 Å². The number of hydrogen-bond acceptors (Lipinski definition) is 1. The second-order valence-electron chi connectivity index (χ2n) is 4.15. The first-order valence-electron chi connectivity index (χ1n) is 5.18. The van der Waals surface area contributed by atoms with Crippen LogP contribution in [0.4, 0.5) is 0 Å². The number of allylic oxidation sites excluding steroid dienone is 2. The molecule has 0 saturated carbocycles. The third-order valence-electron chi connectivity index (χ3n) is 3.33. The fourth-order valence-corrected chi connectivity index (χ4v) is 2.66. The molecule has 0 fully saturated rings. The Labute approximate surface area is 83.4 Å². The van der Waals surface area contributed by atoms with Crippen LogP contribution in [0.15, 0.2) is 23.8 Å². The van der Waals surface area contributed by atoms with Crippen LogP contribution in [0.5, 0.6) is 0 Å². The van der Waals surface area contributed by atoms with Gasteiger partial charge in [-0.05, 0) is 48.4 Å². The molecule has 70 valence electrons. The Hall–Kier alpha value is -1.37. The second kappa shape index (κ2) is 2.81. The minimum Gasteiger partial charge on any atom is -0.298 e. The average Bonchev–Trinajstić information content (AvgIpc) is 2.76. The molecule has 0 spiro atoms. The lowest BCUT2D eigenvalue weighted by Gasteiger charge is -2.04. The minimum absolute atomic E-state index is 0.810. The highest BCUT2D eigenvalue weighted by molar-refractivity contribution is 5.83. The molecule has 1 heteroatoms. The fraction of sp³-hybridized carbons (Fsp3) is 0.308.